The molecule has 0 aromatic carbocycles. The highest BCUT2D eigenvalue weighted by molar-refractivity contribution is 5.75. The zero-order chi connectivity index (χ0) is 21.0. The van der Waals surface area contributed by atoms with Gasteiger partial charge in [0.15, 0.2) is 5.69 Å². The maximum Gasteiger partial charge on any atom is 0.435 e. The molecule has 1 atom stereocenters. The van der Waals surface area contributed by atoms with Crippen molar-refractivity contribution >= 4 is 5.91 Å². The smallest absolute Gasteiger partial charge is 0.379 e. The number of halogens is 3. The number of alkyl halides is 3. The molecule has 0 bridgehead atoms. The van der Waals surface area contributed by atoms with Crippen LogP contribution in [0.1, 0.15) is 50.1 Å². The number of rotatable bonds is 6. The molecule has 1 saturated heterocycles. The van der Waals surface area contributed by atoms with Gasteiger partial charge >= 0.3 is 6.18 Å². The molecule has 0 spiro atoms. The molecule has 1 aromatic rings. The van der Waals surface area contributed by atoms with Crippen molar-refractivity contribution in [3.8, 4) is 0 Å². The van der Waals surface area contributed by atoms with Gasteiger partial charge in [-0.15, -0.1) is 0 Å². The van der Waals surface area contributed by atoms with Gasteiger partial charge in [0.25, 0.3) is 0 Å². The van der Waals surface area contributed by atoms with Crippen LogP contribution in [0.5, 0.6) is 0 Å². The Morgan fingerprint density at radius 3 is 2.52 bits per heavy atom. The molecule has 0 unspecified atom stereocenters. The van der Waals surface area contributed by atoms with E-state index >= 15 is 0 Å². The zero-order valence-electron chi connectivity index (χ0n) is 17.2. The van der Waals surface area contributed by atoms with Crippen molar-refractivity contribution in [2.24, 2.45) is 5.92 Å². The van der Waals surface area contributed by atoms with Gasteiger partial charge in [0.05, 0.1) is 13.2 Å². The molecule has 2 aliphatic rings. The highest BCUT2D eigenvalue weighted by atomic mass is 19.4. The van der Waals surface area contributed by atoms with Gasteiger partial charge in [-0.1, -0.05) is 20.3 Å². The van der Waals surface area contributed by atoms with Crippen LogP contribution >= 0.6 is 0 Å². The molecular formula is C20H31F3N4O2. The van der Waals surface area contributed by atoms with Crippen molar-refractivity contribution in [2.45, 2.75) is 64.7 Å². The lowest BCUT2D eigenvalue weighted by atomic mass is 10.0. The van der Waals surface area contributed by atoms with Gasteiger partial charge in [0.2, 0.25) is 5.91 Å². The van der Waals surface area contributed by atoms with E-state index < -0.39 is 11.9 Å². The summed E-state index contributed by atoms with van der Waals surface area (Å²) in [4.78, 5) is 14.9. The minimum Gasteiger partial charge on any atom is -0.379 e. The van der Waals surface area contributed by atoms with Crippen LogP contribution in [0.4, 0.5) is 13.2 Å². The van der Waals surface area contributed by atoms with Crippen molar-refractivity contribution in [3.63, 3.8) is 0 Å². The van der Waals surface area contributed by atoms with E-state index in [1.165, 1.54) is 4.68 Å². The second kappa shape index (κ2) is 9.47. The summed E-state index contributed by atoms with van der Waals surface area (Å²) in [7, 11) is 0. The lowest BCUT2D eigenvalue weighted by Crippen LogP contribution is -2.51. The van der Waals surface area contributed by atoms with Crippen LogP contribution in [-0.4, -0.2) is 59.5 Å². The largest absolute Gasteiger partial charge is 0.435 e. The Kier molecular flexibility index (Phi) is 7.21. The lowest BCUT2D eigenvalue weighted by Gasteiger charge is -2.36. The van der Waals surface area contributed by atoms with Gasteiger partial charge in [0.1, 0.15) is 6.54 Å². The molecule has 1 aliphatic carbocycles. The van der Waals surface area contributed by atoms with E-state index in [-0.39, 0.29) is 24.1 Å². The number of carbonyl (C=O) groups excluding carboxylic acids is 1. The van der Waals surface area contributed by atoms with Crippen molar-refractivity contribution in [2.75, 3.05) is 32.8 Å². The molecule has 3 rings (SSSR count). The molecule has 164 valence electrons. The Balaban J connectivity index is 1.67. The number of ether oxygens (including phenoxy) is 1. The first-order chi connectivity index (χ1) is 13.8. The average Bonchev–Trinajstić information content (AvgIpc) is 2.84. The van der Waals surface area contributed by atoms with Crippen LogP contribution in [0.25, 0.3) is 0 Å². The first-order valence-electron chi connectivity index (χ1n) is 10.5. The van der Waals surface area contributed by atoms with Gasteiger partial charge < -0.3 is 10.1 Å². The quantitative estimate of drug-likeness (QED) is 0.725. The number of hydrogen-bond donors (Lipinski definition) is 1. The van der Waals surface area contributed by atoms with Crippen molar-refractivity contribution in [1.82, 2.24) is 20.0 Å². The maximum atomic E-state index is 13.4. The minimum atomic E-state index is -4.49. The van der Waals surface area contributed by atoms with Crippen LogP contribution in [-0.2, 0) is 35.1 Å². The number of aromatic nitrogens is 2. The molecule has 0 saturated carbocycles. The Bertz CT molecular complexity index is 697. The fourth-order valence-electron chi connectivity index (χ4n) is 4.31. The standard InChI is InChI=1S/C20H31F3N4O2/c1-14(2)17(26-8-10-29-11-9-26)12-24-18(28)13-27-16-7-5-3-4-6-15(16)19(25-27)20(21,22)23/h14,17H,3-13H2,1-2H3,(H,24,28)/t17-/m0/s1. The fraction of sp³-hybridized carbons (Fsp3) is 0.800. The molecule has 9 heteroatoms. The normalized spacial score (nSPS) is 19.7. The van der Waals surface area contributed by atoms with E-state index in [4.69, 9.17) is 4.74 Å². The van der Waals surface area contributed by atoms with Gasteiger partial charge in [-0.05, 0) is 31.6 Å². The van der Waals surface area contributed by atoms with Crippen molar-refractivity contribution in [3.05, 3.63) is 17.0 Å². The SMILES string of the molecule is CC(C)[C@H](CNC(=O)Cn1nc(C(F)(F)F)c2c1CCCCC2)N1CCOCC1. The Hall–Kier alpha value is -1.61. The topological polar surface area (TPSA) is 59.4 Å². The Labute approximate surface area is 169 Å². The highest BCUT2D eigenvalue weighted by Crippen LogP contribution is 2.35. The maximum absolute atomic E-state index is 13.4. The molecule has 1 amide bonds. The predicted molar refractivity (Wildman–Crippen MR) is 103 cm³/mol. The number of nitrogens with zero attached hydrogens (tertiary/aromatic N) is 3. The fourth-order valence-corrected chi connectivity index (χ4v) is 4.31. The van der Waals surface area contributed by atoms with E-state index in [1.807, 2.05) is 0 Å². The summed E-state index contributed by atoms with van der Waals surface area (Å²) < 4.78 is 46.9. The molecule has 6 nitrogen and oxygen atoms in total. The summed E-state index contributed by atoms with van der Waals surface area (Å²) in [5.41, 5.74) is 0.0188. The van der Waals surface area contributed by atoms with E-state index in [0.717, 1.165) is 32.4 Å². The van der Waals surface area contributed by atoms with E-state index in [2.05, 4.69) is 29.2 Å². The second-order valence-electron chi connectivity index (χ2n) is 8.25. The predicted octanol–water partition coefficient (Wildman–Crippen LogP) is 2.64. The zero-order valence-corrected chi connectivity index (χ0v) is 17.2. The van der Waals surface area contributed by atoms with E-state index in [1.54, 1.807) is 0 Å². The Morgan fingerprint density at radius 1 is 1.17 bits per heavy atom. The van der Waals surface area contributed by atoms with Crippen LogP contribution in [0, 0.1) is 5.92 Å². The lowest BCUT2D eigenvalue weighted by molar-refractivity contribution is -0.142. The van der Waals surface area contributed by atoms with Gasteiger partial charge in [-0.3, -0.25) is 14.4 Å². The Morgan fingerprint density at radius 2 is 1.86 bits per heavy atom. The second-order valence-corrected chi connectivity index (χ2v) is 8.25. The average molecular weight is 416 g/mol. The number of nitrogens with one attached hydrogen (secondary N) is 1. The molecule has 1 aromatic heterocycles. The van der Waals surface area contributed by atoms with Crippen molar-refractivity contribution < 1.29 is 22.7 Å². The first-order valence-corrected chi connectivity index (χ1v) is 10.5. The minimum absolute atomic E-state index is 0.170. The van der Waals surface area contributed by atoms with E-state index in [0.29, 0.717) is 44.2 Å². The molecule has 1 fully saturated rings. The molecule has 1 aliphatic heterocycles. The third-order valence-corrected chi connectivity index (χ3v) is 5.86. The molecule has 1 N–H and O–H groups in total. The monoisotopic (exact) mass is 416 g/mol. The third kappa shape index (κ3) is 5.51. The number of amides is 1. The number of fused-ring (bicyclic) bond motifs is 1. The molecular weight excluding hydrogens is 385 g/mol. The summed E-state index contributed by atoms with van der Waals surface area (Å²) in [6.07, 6.45) is -1.14. The van der Waals surface area contributed by atoms with Gasteiger partial charge in [-0.25, -0.2) is 0 Å². The highest BCUT2D eigenvalue weighted by Gasteiger charge is 2.39. The summed E-state index contributed by atoms with van der Waals surface area (Å²) >= 11 is 0. The summed E-state index contributed by atoms with van der Waals surface area (Å²) in [5.74, 6) is 0.0402. The number of hydrogen-bond acceptors (Lipinski definition) is 4. The summed E-state index contributed by atoms with van der Waals surface area (Å²) in [6, 6.07) is 0.170. The number of morpholine rings is 1. The summed E-state index contributed by atoms with van der Waals surface area (Å²) in [6.45, 7) is 7.50. The van der Waals surface area contributed by atoms with Crippen LogP contribution in [0.15, 0.2) is 0 Å². The first kappa shape index (κ1) is 22.1. The number of carbonyl (C=O) groups is 1. The van der Waals surface area contributed by atoms with E-state index in [9.17, 15) is 18.0 Å². The van der Waals surface area contributed by atoms with Gasteiger partial charge in [0, 0.05) is 36.9 Å². The van der Waals surface area contributed by atoms with Gasteiger partial charge in [-0.2, -0.15) is 18.3 Å². The van der Waals surface area contributed by atoms with Crippen LogP contribution in [0.3, 0.4) is 0 Å². The molecule has 29 heavy (non-hydrogen) atoms. The third-order valence-electron chi connectivity index (χ3n) is 5.86. The van der Waals surface area contributed by atoms with Crippen molar-refractivity contribution in [1.29, 1.82) is 0 Å². The van der Waals surface area contributed by atoms with Crippen LogP contribution < -0.4 is 5.32 Å². The molecule has 2 heterocycles. The van der Waals surface area contributed by atoms with Crippen LogP contribution in [0.2, 0.25) is 0 Å². The molecule has 0 radical (unpaired) electrons. The summed E-state index contributed by atoms with van der Waals surface area (Å²) in [5, 5.41) is 6.72.